The molecule has 2 aliphatic rings. The molecule has 0 aromatic carbocycles. The number of nitrogens with zero attached hydrogens (tertiary/aromatic N) is 5. The number of allylic oxidation sites excluding steroid dienone is 1. The Labute approximate surface area is 167 Å². The van der Waals surface area contributed by atoms with Gasteiger partial charge in [-0.1, -0.05) is 6.08 Å². The quantitative estimate of drug-likeness (QED) is 0.733. The molecule has 2 aliphatic heterocycles. The second kappa shape index (κ2) is 6.79. The Morgan fingerprint density at radius 1 is 1.21 bits per heavy atom. The van der Waals surface area contributed by atoms with E-state index in [0.29, 0.717) is 5.52 Å². The normalized spacial score (nSPS) is 18.4. The van der Waals surface area contributed by atoms with Crippen molar-refractivity contribution in [1.82, 2.24) is 29.5 Å². The number of aromatic amines is 1. The fourth-order valence-electron chi connectivity index (χ4n) is 4.05. The minimum absolute atomic E-state index is 0.111. The topological polar surface area (TPSA) is 60.4 Å². The first kappa shape index (κ1) is 17.5. The highest BCUT2D eigenvalue weighted by Gasteiger charge is 2.20. The van der Waals surface area contributed by atoms with Crippen LogP contribution in [-0.4, -0.2) is 69.2 Å². The Hall–Kier alpha value is -2.58. The number of aryl methyl sites for hydroxylation is 1. The van der Waals surface area contributed by atoms with Crippen molar-refractivity contribution in [2.75, 3.05) is 39.8 Å². The van der Waals surface area contributed by atoms with Crippen molar-refractivity contribution in [3.05, 3.63) is 51.5 Å². The lowest BCUT2D eigenvalue weighted by Crippen LogP contribution is -2.45. The summed E-state index contributed by atoms with van der Waals surface area (Å²) in [6, 6.07) is 2.13. The van der Waals surface area contributed by atoms with E-state index < -0.39 is 0 Å². The average molecular weight is 397 g/mol. The van der Waals surface area contributed by atoms with Crippen molar-refractivity contribution in [1.29, 1.82) is 0 Å². The number of likely N-dealkylation sites (N-methyl/N-ethyl adjacent to an activating group) is 1. The van der Waals surface area contributed by atoms with Gasteiger partial charge in [0.25, 0.3) is 5.56 Å². The van der Waals surface area contributed by atoms with Crippen LogP contribution >= 0.6 is 11.3 Å². The molecule has 1 fully saturated rings. The van der Waals surface area contributed by atoms with Gasteiger partial charge in [-0.2, -0.15) is 5.10 Å². The molecule has 0 aliphatic carbocycles. The molecule has 0 amide bonds. The van der Waals surface area contributed by atoms with Crippen molar-refractivity contribution >= 4 is 32.5 Å². The van der Waals surface area contributed by atoms with E-state index in [-0.39, 0.29) is 5.56 Å². The van der Waals surface area contributed by atoms with E-state index in [1.165, 1.54) is 10.6 Å². The van der Waals surface area contributed by atoms with Gasteiger partial charge in [-0.3, -0.25) is 14.4 Å². The van der Waals surface area contributed by atoms with E-state index in [4.69, 9.17) is 0 Å². The lowest BCUT2D eigenvalue weighted by atomic mass is 10.2. The van der Waals surface area contributed by atoms with Crippen LogP contribution in [0.1, 0.15) is 4.88 Å². The van der Waals surface area contributed by atoms with Gasteiger partial charge in [-0.25, -0.2) is 0 Å². The number of aromatic nitrogens is 3. The van der Waals surface area contributed by atoms with Crippen LogP contribution in [0.2, 0.25) is 0 Å². The van der Waals surface area contributed by atoms with Crippen molar-refractivity contribution < 1.29 is 0 Å². The van der Waals surface area contributed by atoms with Crippen LogP contribution in [0.25, 0.3) is 21.1 Å². The molecule has 0 bridgehead atoms. The molecule has 28 heavy (non-hydrogen) atoms. The van der Waals surface area contributed by atoms with E-state index in [9.17, 15) is 4.79 Å². The minimum Gasteiger partial charge on any atom is -0.375 e. The molecule has 0 spiro atoms. The zero-order valence-electron chi connectivity index (χ0n) is 16.2. The van der Waals surface area contributed by atoms with Crippen molar-refractivity contribution in [3.63, 3.8) is 0 Å². The van der Waals surface area contributed by atoms with E-state index in [2.05, 4.69) is 56.2 Å². The van der Waals surface area contributed by atoms with Crippen LogP contribution in [0, 0.1) is 0 Å². The molecule has 3 aromatic rings. The van der Waals surface area contributed by atoms with Gasteiger partial charge >= 0.3 is 0 Å². The first-order valence-electron chi connectivity index (χ1n) is 9.61. The largest absolute Gasteiger partial charge is 0.375 e. The van der Waals surface area contributed by atoms with Gasteiger partial charge in [0, 0.05) is 76.0 Å². The Morgan fingerprint density at radius 2 is 2.04 bits per heavy atom. The number of hydrogen-bond donors (Lipinski definition) is 1. The molecule has 0 radical (unpaired) electrons. The van der Waals surface area contributed by atoms with Crippen LogP contribution in [0.5, 0.6) is 0 Å². The lowest BCUT2D eigenvalue weighted by molar-refractivity contribution is 0.155. The number of rotatable bonds is 3. The van der Waals surface area contributed by atoms with E-state index in [1.807, 2.05) is 13.2 Å². The highest BCUT2D eigenvalue weighted by molar-refractivity contribution is 7.20. The van der Waals surface area contributed by atoms with Crippen molar-refractivity contribution in [3.8, 4) is 0 Å². The van der Waals surface area contributed by atoms with Crippen LogP contribution in [-0.2, 0) is 13.6 Å². The van der Waals surface area contributed by atoms with Crippen molar-refractivity contribution in [2.45, 2.75) is 6.54 Å². The summed E-state index contributed by atoms with van der Waals surface area (Å²) in [4.78, 5) is 23.7. The van der Waals surface area contributed by atoms with Crippen molar-refractivity contribution in [2.24, 2.45) is 7.05 Å². The van der Waals surface area contributed by atoms with Gasteiger partial charge in [-0.05, 0) is 12.1 Å². The molecule has 0 unspecified atom stereocenters. The fraction of sp³-hybridized carbons (Fsp3) is 0.400. The summed E-state index contributed by atoms with van der Waals surface area (Å²) >= 11 is 1.76. The Morgan fingerprint density at radius 3 is 2.82 bits per heavy atom. The van der Waals surface area contributed by atoms with Crippen LogP contribution in [0.4, 0.5) is 0 Å². The maximum Gasteiger partial charge on any atom is 0.276 e. The zero-order valence-corrected chi connectivity index (χ0v) is 17.0. The van der Waals surface area contributed by atoms with Crippen LogP contribution < -0.4 is 5.56 Å². The Kier molecular flexibility index (Phi) is 4.25. The second-order valence-electron chi connectivity index (χ2n) is 7.63. The predicted octanol–water partition coefficient (Wildman–Crippen LogP) is 1.94. The summed E-state index contributed by atoms with van der Waals surface area (Å²) < 4.78 is 2.83. The van der Waals surface area contributed by atoms with E-state index in [1.54, 1.807) is 16.0 Å². The van der Waals surface area contributed by atoms with Gasteiger partial charge in [-0.15, -0.1) is 11.3 Å². The van der Waals surface area contributed by atoms with Gasteiger partial charge in [0.2, 0.25) is 0 Å². The van der Waals surface area contributed by atoms with Gasteiger partial charge in [0.15, 0.2) is 5.52 Å². The van der Waals surface area contributed by atoms with Gasteiger partial charge in [0.05, 0.1) is 15.9 Å². The molecule has 1 N–H and O–H groups in total. The Balaban J connectivity index is 1.32. The average Bonchev–Trinajstić information content (AvgIpc) is 3.25. The summed E-state index contributed by atoms with van der Waals surface area (Å²) in [5.41, 5.74) is 2.65. The fourth-order valence-corrected chi connectivity index (χ4v) is 5.21. The third kappa shape index (κ3) is 3.12. The maximum absolute atomic E-state index is 12.3. The first-order valence-corrected chi connectivity index (χ1v) is 10.4. The maximum atomic E-state index is 12.3. The molecular formula is C20H24N6OS. The number of H-pyrrole nitrogens is 1. The second-order valence-corrected chi connectivity index (χ2v) is 8.77. The number of hydrogen-bond acceptors (Lipinski definition) is 6. The lowest BCUT2D eigenvalue weighted by Gasteiger charge is -2.37. The summed E-state index contributed by atoms with van der Waals surface area (Å²) in [5.74, 6) is 0. The predicted molar refractivity (Wildman–Crippen MR) is 113 cm³/mol. The first-order chi connectivity index (χ1) is 13.6. The number of thiophene rings is 1. The number of pyridine rings is 1. The highest BCUT2D eigenvalue weighted by Crippen LogP contribution is 2.30. The molecular weight excluding hydrogens is 372 g/mol. The van der Waals surface area contributed by atoms with Gasteiger partial charge in [0.1, 0.15) is 0 Å². The van der Waals surface area contributed by atoms with Gasteiger partial charge < -0.3 is 14.8 Å². The zero-order chi connectivity index (χ0) is 19.3. The number of nitrogens with one attached hydrogen (secondary N) is 1. The molecule has 1 saturated heterocycles. The smallest absolute Gasteiger partial charge is 0.276 e. The monoisotopic (exact) mass is 396 g/mol. The number of piperazine rings is 1. The third-order valence-electron chi connectivity index (χ3n) is 5.47. The van der Waals surface area contributed by atoms with E-state index >= 15 is 0 Å². The number of fused-ring (bicyclic) bond motifs is 3. The Bertz CT molecular complexity index is 1140. The molecule has 7 nitrogen and oxygen atoms in total. The minimum atomic E-state index is -0.111. The summed E-state index contributed by atoms with van der Waals surface area (Å²) in [7, 11) is 3.97. The molecule has 146 valence electrons. The third-order valence-corrected chi connectivity index (χ3v) is 6.62. The van der Waals surface area contributed by atoms with Crippen LogP contribution in [0.15, 0.2) is 41.1 Å². The molecule has 0 atom stereocenters. The summed E-state index contributed by atoms with van der Waals surface area (Å²) in [6.07, 6.45) is 8.63. The van der Waals surface area contributed by atoms with E-state index in [0.717, 1.165) is 54.9 Å². The summed E-state index contributed by atoms with van der Waals surface area (Å²) in [6.45, 7) is 6.08. The SMILES string of the molecule is CN1C=C(N2CCN(Cc3cc4[nH]c(=O)c5nn(C)cc5c4s3)CC2)C=CC1. The molecule has 3 aromatic heterocycles. The highest BCUT2D eigenvalue weighted by atomic mass is 32.1. The van der Waals surface area contributed by atoms with Crippen LogP contribution in [0.3, 0.4) is 0 Å². The summed E-state index contributed by atoms with van der Waals surface area (Å²) in [5, 5.41) is 5.24. The molecule has 5 rings (SSSR count). The molecule has 0 saturated carbocycles. The molecule has 5 heterocycles. The molecule has 8 heteroatoms. The standard InChI is InChI=1S/C20H24N6OS/c1-23-5-3-4-14(11-23)26-8-6-25(7-9-26)12-15-10-17-19(28-15)16-13-24(2)22-18(16)20(27)21-17/h3-4,10-11,13H,5-9,12H2,1-2H3,(H,21,27).